The number of hydrogen-bond acceptors (Lipinski definition) is 6. The van der Waals surface area contributed by atoms with Crippen molar-refractivity contribution in [1.29, 1.82) is 0 Å². The van der Waals surface area contributed by atoms with Crippen LogP contribution in [0.3, 0.4) is 0 Å². The number of amides is 1. The number of ether oxygens (including phenoxy) is 3. The van der Waals surface area contributed by atoms with Crippen LogP contribution in [-0.4, -0.2) is 32.9 Å². The highest BCUT2D eigenvalue weighted by Crippen LogP contribution is 2.41. The second kappa shape index (κ2) is 9.87. The van der Waals surface area contributed by atoms with Crippen molar-refractivity contribution in [1.82, 2.24) is 0 Å². The SMILES string of the molecule is CCOc1ccc(NC(=O)c2c(N=Cc3cc(OC)ccc3OC)sc3c2CCC3)cc1. The fourth-order valence-corrected chi connectivity index (χ4v) is 5.01. The molecule has 0 bridgehead atoms. The molecule has 0 atom stereocenters. The Kier molecular flexibility index (Phi) is 6.75. The molecule has 1 amide bonds. The van der Waals surface area contributed by atoms with Gasteiger partial charge in [-0.3, -0.25) is 4.79 Å². The monoisotopic (exact) mass is 450 g/mol. The molecule has 1 heterocycles. The quantitative estimate of drug-likeness (QED) is 0.450. The van der Waals surface area contributed by atoms with Crippen molar-refractivity contribution in [2.24, 2.45) is 4.99 Å². The van der Waals surface area contributed by atoms with Crippen LogP contribution in [0.2, 0.25) is 0 Å². The summed E-state index contributed by atoms with van der Waals surface area (Å²) in [6.45, 7) is 2.54. The average Bonchev–Trinajstić information content (AvgIpc) is 3.39. The van der Waals surface area contributed by atoms with Crippen molar-refractivity contribution in [3.8, 4) is 17.2 Å². The summed E-state index contributed by atoms with van der Waals surface area (Å²) in [5.41, 5.74) is 3.29. The summed E-state index contributed by atoms with van der Waals surface area (Å²) >= 11 is 1.59. The van der Waals surface area contributed by atoms with E-state index in [2.05, 4.69) is 5.32 Å². The minimum Gasteiger partial charge on any atom is -0.497 e. The van der Waals surface area contributed by atoms with Crippen molar-refractivity contribution in [3.63, 3.8) is 0 Å². The van der Waals surface area contributed by atoms with E-state index in [4.69, 9.17) is 19.2 Å². The van der Waals surface area contributed by atoms with Crippen molar-refractivity contribution in [3.05, 3.63) is 64.0 Å². The number of fused-ring (bicyclic) bond motifs is 1. The molecule has 7 heteroatoms. The lowest BCUT2D eigenvalue weighted by Crippen LogP contribution is -2.13. The Bertz CT molecular complexity index is 1140. The van der Waals surface area contributed by atoms with Gasteiger partial charge in [0, 0.05) is 22.3 Å². The van der Waals surface area contributed by atoms with E-state index in [1.807, 2.05) is 49.4 Å². The first-order valence-electron chi connectivity index (χ1n) is 10.6. The minimum atomic E-state index is -0.140. The van der Waals surface area contributed by atoms with Crippen molar-refractivity contribution < 1.29 is 19.0 Å². The molecule has 0 fully saturated rings. The van der Waals surface area contributed by atoms with E-state index in [-0.39, 0.29) is 5.91 Å². The van der Waals surface area contributed by atoms with E-state index >= 15 is 0 Å². The molecule has 3 aromatic rings. The lowest BCUT2D eigenvalue weighted by atomic mass is 10.1. The first-order chi connectivity index (χ1) is 15.6. The topological polar surface area (TPSA) is 69.2 Å². The highest BCUT2D eigenvalue weighted by molar-refractivity contribution is 7.16. The minimum absolute atomic E-state index is 0.140. The van der Waals surface area contributed by atoms with Gasteiger partial charge < -0.3 is 19.5 Å². The van der Waals surface area contributed by atoms with E-state index in [1.165, 1.54) is 4.88 Å². The van der Waals surface area contributed by atoms with Crippen LogP contribution in [0.1, 0.15) is 39.7 Å². The van der Waals surface area contributed by atoms with E-state index in [0.29, 0.717) is 22.9 Å². The van der Waals surface area contributed by atoms with E-state index in [1.54, 1.807) is 31.8 Å². The van der Waals surface area contributed by atoms with Crippen LogP contribution in [0.4, 0.5) is 10.7 Å². The second-order valence-electron chi connectivity index (χ2n) is 7.32. The number of anilines is 1. The van der Waals surface area contributed by atoms with Gasteiger partial charge in [0.2, 0.25) is 0 Å². The number of nitrogens with zero attached hydrogens (tertiary/aromatic N) is 1. The first-order valence-corrected chi connectivity index (χ1v) is 11.4. The number of nitrogens with one attached hydrogen (secondary N) is 1. The normalized spacial score (nSPS) is 12.6. The zero-order valence-electron chi connectivity index (χ0n) is 18.4. The maximum absolute atomic E-state index is 13.2. The summed E-state index contributed by atoms with van der Waals surface area (Å²) in [5, 5.41) is 3.73. The second-order valence-corrected chi connectivity index (χ2v) is 8.40. The Hall–Kier alpha value is -3.32. The molecule has 32 heavy (non-hydrogen) atoms. The Morgan fingerprint density at radius 3 is 2.59 bits per heavy atom. The van der Waals surface area contributed by atoms with Gasteiger partial charge in [0.05, 0.1) is 26.4 Å². The molecule has 2 aromatic carbocycles. The zero-order valence-corrected chi connectivity index (χ0v) is 19.3. The van der Waals surface area contributed by atoms with E-state index in [0.717, 1.165) is 47.6 Å². The van der Waals surface area contributed by atoms with Crippen molar-refractivity contribution in [2.75, 3.05) is 26.1 Å². The van der Waals surface area contributed by atoms with E-state index in [9.17, 15) is 4.79 Å². The van der Waals surface area contributed by atoms with Gasteiger partial charge in [-0.15, -0.1) is 11.3 Å². The summed E-state index contributed by atoms with van der Waals surface area (Å²) in [4.78, 5) is 19.2. The fourth-order valence-electron chi connectivity index (χ4n) is 3.78. The standard InChI is InChI=1S/C25H26N2O4S/c1-4-31-18-10-8-17(9-11-18)27-24(28)23-20-6-5-7-22(20)32-25(23)26-15-16-14-19(29-2)12-13-21(16)30-3/h8-15H,4-7H2,1-3H3,(H,27,28). The molecule has 1 aromatic heterocycles. The van der Waals surface area contributed by atoms with E-state index < -0.39 is 0 Å². The molecular weight excluding hydrogens is 424 g/mol. The fraction of sp³-hybridized carbons (Fsp3) is 0.280. The lowest BCUT2D eigenvalue weighted by Gasteiger charge is -2.09. The number of benzene rings is 2. The summed E-state index contributed by atoms with van der Waals surface area (Å²) in [5.74, 6) is 2.05. The third kappa shape index (κ3) is 4.62. The van der Waals surface area contributed by atoms with Crippen LogP contribution in [0.15, 0.2) is 47.5 Å². The Labute approximate surface area is 191 Å². The van der Waals surface area contributed by atoms with Crippen LogP contribution in [0.5, 0.6) is 17.2 Å². The number of carbonyl (C=O) groups excluding carboxylic acids is 1. The van der Waals surface area contributed by atoms with Gasteiger partial charge in [0.15, 0.2) is 0 Å². The van der Waals surface area contributed by atoms with Crippen LogP contribution in [0, 0.1) is 0 Å². The molecule has 6 nitrogen and oxygen atoms in total. The number of rotatable bonds is 8. The Morgan fingerprint density at radius 2 is 1.88 bits per heavy atom. The predicted octanol–water partition coefficient (Wildman–Crippen LogP) is 5.66. The molecule has 0 spiro atoms. The van der Waals surface area contributed by atoms with Crippen molar-refractivity contribution >= 4 is 34.1 Å². The molecule has 0 aliphatic heterocycles. The number of aryl methyl sites for hydroxylation is 1. The lowest BCUT2D eigenvalue weighted by molar-refractivity contribution is 0.102. The number of methoxy groups -OCH3 is 2. The largest absolute Gasteiger partial charge is 0.497 e. The molecule has 1 aliphatic carbocycles. The van der Waals surface area contributed by atoms with Gasteiger partial charge in [-0.2, -0.15) is 0 Å². The highest BCUT2D eigenvalue weighted by atomic mass is 32.1. The van der Waals surface area contributed by atoms with Gasteiger partial charge in [-0.05, 0) is 74.2 Å². The summed E-state index contributed by atoms with van der Waals surface area (Å²) in [7, 11) is 3.24. The Balaban J connectivity index is 1.62. The van der Waals surface area contributed by atoms with Gasteiger partial charge in [0.1, 0.15) is 22.2 Å². The molecule has 166 valence electrons. The third-order valence-electron chi connectivity index (χ3n) is 5.31. The average molecular weight is 451 g/mol. The van der Waals surface area contributed by atoms with Crippen LogP contribution >= 0.6 is 11.3 Å². The zero-order chi connectivity index (χ0) is 22.5. The predicted molar refractivity (Wildman–Crippen MR) is 129 cm³/mol. The molecule has 0 radical (unpaired) electrons. The third-order valence-corrected chi connectivity index (χ3v) is 6.51. The first kappa shape index (κ1) is 21.9. The summed E-state index contributed by atoms with van der Waals surface area (Å²) in [6, 6.07) is 12.9. The molecule has 0 saturated carbocycles. The molecule has 4 rings (SSSR count). The highest BCUT2D eigenvalue weighted by Gasteiger charge is 2.26. The van der Waals surface area contributed by atoms with Crippen LogP contribution in [0.25, 0.3) is 0 Å². The Morgan fingerprint density at radius 1 is 1.09 bits per heavy atom. The maximum Gasteiger partial charge on any atom is 0.259 e. The van der Waals surface area contributed by atoms with Crippen LogP contribution in [-0.2, 0) is 12.8 Å². The van der Waals surface area contributed by atoms with Gasteiger partial charge >= 0.3 is 0 Å². The molecule has 1 aliphatic rings. The van der Waals surface area contributed by atoms with Crippen molar-refractivity contribution in [2.45, 2.75) is 26.2 Å². The number of thiophene rings is 1. The van der Waals surface area contributed by atoms with Crippen LogP contribution < -0.4 is 19.5 Å². The molecule has 0 unspecified atom stereocenters. The van der Waals surface area contributed by atoms with Gasteiger partial charge in [-0.25, -0.2) is 4.99 Å². The number of carbonyl (C=O) groups is 1. The summed E-state index contributed by atoms with van der Waals surface area (Å²) in [6.07, 6.45) is 4.69. The molecular formula is C25H26N2O4S. The number of hydrogen-bond donors (Lipinski definition) is 1. The maximum atomic E-state index is 13.2. The number of aliphatic imine (C=N–C) groups is 1. The van der Waals surface area contributed by atoms with Gasteiger partial charge in [0.25, 0.3) is 5.91 Å². The summed E-state index contributed by atoms with van der Waals surface area (Å²) < 4.78 is 16.2. The smallest absolute Gasteiger partial charge is 0.259 e. The molecule has 0 saturated heterocycles. The molecule has 1 N–H and O–H groups in total. The van der Waals surface area contributed by atoms with Gasteiger partial charge in [-0.1, -0.05) is 0 Å².